The molecule has 2 heteroatoms. The summed E-state index contributed by atoms with van der Waals surface area (Å²) in [5, 5.41) is 18.5. The van der Waals surface area contributed by atoms with Crippen molar-refractivity contribution in [2.24, 2.45) is 0 Å². The fraction of sp³-hybridized carbons (Fsp3) is 1.00. The van der Waals surface area contributed by atoms with Crippen LogP contribution in [0, 0.1) is 0 Å². The molecule has 0 aromatic heterocycles. The Morgan fingerprint density at radius 3 is 1.45 bits per heavy atom. The van der Waals surface area contributed by atoms with Gasteiger partial charge in [0.2, 0.25) is 0 Å². The van der Waals surface area contributed by atoms with Crippen molar-refractivity contribution in [1.29, 1.82) is 0 Å². The van der Waals surface area contributed by atoms with Crippen molar-refractivity contribution in [1.82, 2.24) is 0 Å². The van der Waals surface area contributed by atoms with Crippen LogP contribution in [0.5, 0.6) is 0 Å². The van der Waals surface area contributed by atoms with Gasteiger partial charge in [0.15, 0.2) is 0 Å². The van der Waals surface area contributed by atoms with Gasteiger partial charge in [0.25, 0.3) is 0 Å². The predicted molar refractivity (Wildman–Crippen MR) is 88.0 cm³/mol. The lowest BCUT2D eigenvalue weighted by molar-refractivity contribution is 0.146. The molecule has 20 heavy (non-hydrogen) atoms. The zero-order chi connectivity index (χ0) is 14.9. The van der Waals surface area contributed by atoms with E-state index in [1.54, 1.807) is 0 Å². The van der Waals surface area contributed by atoms with Crippen molar-refractivity contribution in [3.63, 3.8) is 0 Å². The van der Waals surface area contributed by atoms with Crippen molar-refractivity contribution in [3.05, 3.63) is 0 Å². The number of hydrogen-bond donors (Lipinski definition) is 2. The minimum atomic E-state index is -0.109. The first-order valence-electron chi connectivity index (χ1n) is 9.10. The molecule has 0 aliphatic rings. The highest BCUT2D eigenvalue weighted by Gasteiger charge is 2.03. The summed E-state index contributed by atoms with van der Waals surface area (Å²) in [5.74, 6) is 0. The Hall–Kier alpha value is -0.0800. The van der Waals surface area contributed by atoms with Crippen molar-refractivity contribution >= 4 is 0 Å². The first kappa shape index (κ1) is 19.9. The molecule has 122 valence electrons. The molecule has 0 heterocycles. The van der Waals surface area contributed by atoms with Crippen LogP contribution in [0.25, 0.3) is 0 Å². The molecule has 2 N–H and O–H groups in total. The van der Waals surface area contributed by atoms with Gasteiger partial charge >= 0.3 is 0 Å². The quantitative estimate of drug-likeness (QED) is 0.382. The Labute approximate surface area is 127 Å². The van der Waals surface area contributed by atoms with E-state index in [0.29, 0.717) is 0 Å². The average Bonchev–Trinajstić information content (AvgIpc) is 2.45. The summed E-state index contributed by atoms with van der Waals surface area (Å²) in [4.78, 5) is 0. The Morgan fingerprint density at radius 1 is 0.600 bits per heavy atom. The van der Waals surface area contributed by atoms with Gasteiger partial charge in [-0.2, -0.15) is 0 Å². The number of aliphatic hydroxyl groups excluding tert-OH is 2. The lowest BCUT2D eigenvalue weighted by atomic mass is 10.0. The lowest BCUT2D eigenvalue weighted by Crippen LogP contribution is -2.06. The standard InChI is InChI=1S/C18H38O2/c1-2-3-4-5-6-7-8-9-10-12-15-18(20)16-13-11-14-17-19/h18-20H,2-17H2,1H3. The van der Waals surface area contributed by atoms with Crippen molar-refractivity contribution in [3.8, 4) is 0 Å². The topological polar surface area (TPSA) is 40.5 Å². The molecule has 1 atom stereocenters. The second-order valence-corrected chi connectivity index (χ2v) is 6.20. The third-order valence-corrected chi connectivity index (χ3v) is 4.09. The molecule has 0 aliphatic heterocycles. The van der Waals surface area contributed by atoms with Gasteiger partial charge in [-0.15, -0.1) is 0 Å². The zero-order valence-electron chi connectivity index (χ0n) is 13.8. The van der Waals surface area contributed by atoms with E-state index >= 15 is 0 Å². The van der Waals surface area contributed by atoms with E-state index in [1.165, 1.54) is 64.2 Å². The van der Waals surface area contributed by atoms with Gasteiger partial charge in [0.05, 0.1) is 6.10 Å². The first-order chi connectivity index (χ1) is 9.81. The van der Waals surface area contributed by atoms with Crippen LogP contribution >= 0.6 is 0 Å². The van der Waals surface area contributed by atoms with E-state index in [1.807, 2.05) is 0 Å². The fourth-order valence-corrected chi connectivity index (χ4v) is 2.68. The molecule has 0 saturated carbocycles. The number of aliphatic hydroxyl groups is 2. The summed E-state index contributed by atoms with van der Waals surface area (Å²) < 4.78 is 0. The van der Waals surface area contributed by atoms with E-state index in [-0.39, 0.29) is 12.7 Å². The van der Waals surface area contributed by atoms with Crippen molar-refractivity contribution < 1.29 is 10.2 Å². The second kappa shape index (κ2) is 17.0. The Kier molecular flexibility index (Phi) is 16.9. The average molecular weight is 286 g/mol. The summed E-state index contributed by atoms with van der Waals surface area (Å²) in [6, 6.07) is 0. The second-order valence-electron chi connectivity index (χ2n) is 6.20. The van der Waals surface area contributed by atoms with Crippen LogP contribution < -0.4 is 0 Å². The molecule has 0 amide bonds. The smallest absolute Gasteiger partial charge is 0.0540 e. The molecular formula is C18H38O2. The molecule has 0 rings (SSSR count). The third-order valence-electron chi connectivity index (χ3n) is 4.09. The van der Waals surface area contributed by atoms with Crippen LogP contribution in [0.15, 0.2) is 0 Å². The van der Waals surface area contributed by atoms with Crippen molar-refractivity contribution in [2.45, 2.75) is 109 Å². The molecule has 1 unspecified atom stereocenters. The van der Waals surface area contributed by atoms with E-state index in [9.17, 15) is 5.11 Å². The highest BCUT2D eigenvalue weighted by Crippen LogP contribution is 2.14. The van der Waals surface area contributed by atoms with Crippen LogP contribution in [0.3, 0.4) is 0 Å². The molecule has 0 saturated heterocycles. The maximum atomic E-state index is 9.81. The number of rotatable bonds is 16. The van der Waals surface area contributed by atoms with Gasteiger partial charge in [0, 0.05) is 6.61 Å². The Morgan fingerprint density at radius 2 is 1.00 bits per heavy atom. The Balaban J connectivity index is 3.07. The first-order valence-corrected chi connectivity index (χ1v) is 9.10. The Bertz CT molecular complexity index is 171. The molecule has 0 aromatic carbocycles. The van der Waals surface area contributed by atoms with Crippen LogP contribution in [0.2, 0.25) is 0 Å². The highest BCUT2D eigenvalue weighted by molar-refractivity contribution is 4.57. The lowest BCUT2D eigenvalue weighted by Gasteiger charge is -2.10. The van der Waals surface area contributed by atoms with E-state index in [2.05, 4.69) is 6.92 Å². The summed E-state index contributed by atoms with van der Waals surface area (Å²) in [6.45, 7) is 2.55. The normalized spacial score (nSPS) is 12.8. The summed E-state index contributed by atoms with van der Waals surface area (Å²) in [5.41, 5.74) is 0. The molecule has 2 nitrogen and oxygen atoms in total. The summed E-state index contributed by atoms with van der Waals surface area (Å²) in [6.07, 6.45) is 18.3. The number of hydrogen-bond acceptors (Lipinski definition) is 2. The zero-order valence-corrected chi connectivity index (χ0v) is 13.8. The maximum absolute atomic E-state index is 9.81. The largest absolute Gasteiger partial charge is 0.396 e. The van der Waals surface area contributed by atoms with Gasteiger partial charge in [-0.1, -0.05) is 84.0 Å². The molecule has 0 bridgehead atoms. The fourth-order valence-electron chi connectivity index (χ4n) is 2.68. The van der Waals surface area contributed by atoms with Crippen LogP contribution in [0.4, 0.5) is 0 Å². The van der Waals surface area contributed by atoms with Gasteiger partial charge in [-0.05, 0) is 19.3 Å². The molecule has 0 radical (unpaired) electrons. The van der Waals surface area contributed by atoms with Crippen LogP contribution in [-0.4, -0.2) is 22.9 Å². The molecule has 0 fully saturated rings. The molecule has 0 aromatic rings. The highest BCUT2D eigenvalue weighted by atomic mass is 16.3. The SMILES string of the molecule is CCCCCCCCCCCCC(O)CCCCCO. The number of unbranched alkanes of at least 4 members (excludes halogenated alkanes) is 11. The van der Waals surface area contributed by atoms with Gasteiger partial charge in [-0.25, -0.2) is 0 Å². The summed E-state index contributed by atoms with van der Waals surface area (Å²) in [7, 11) is 0. The predicted octanol–water partition coefficient (Wildman–Crippen LogP) is 5.21. The van der Waals surface area contributed by atoms with Gasteiger partial charge < -0.3 is 10.2 Å². The summed E-state index contributed by atoms with van der Waals surface area (Å²) >= 11 is 0. The van der Waals surface area contributed by atoms with Gasteiger partial charge in [-0.3, -0.25) is 0 Å². The minimum Gasteiger partial charge on any atom is -0.396 e. The van der Waals surface area contributed by atoms with Crippen LogP contribution in [0.1, 0.15) is 103 Å². The maximum Gasteiger partial charge on any atom is 0.0540 e. The van der Waals surface area contributed by atoms with Gasteiger partial charge in [0.1, 0.15) is 0 Å². The molecular weight excluding hydrogens is 248 g/mol. The molecule has 0 aliphatic carbocycles. The van der Waals surface area contributed by atoms with E-state index in [0.717, 1.165) is 32.1 Å². The third kappa shape index (κ3) is 16.0. The minimum absolute atomic E-state index is 0.109. The molecule has 0 spiro atoms. The van der Waals surface area contributed by atoms with Crippen LogP contribution in [-0.2, 0) is 0 Å². The van der Waals surface area contributed by atoms with Crippen molar-refractivity contribution in [2.75, 3.05) is 6.61 Å². The monoisotopic (exact) mass is 286 g/mol. The van der Waals surface area contributed by atoms with E-state index in [4.69, 9.17) is 5.11 Å². The van der Waals surface area contributed by atoms with E-state index < -0.39 is 0 Å².